The van der Waals surface area contributed by atoms with Crippen molar-refractivity contribution in [3.8, 4) is 0 Å². The molecule has 1 atom stereocenters. The van der Waals surface area contributed by atoms with Gasteiger partial charge in [-0.25, -0.2) is 9.48 Å². The van der Waals surface area contributed by atoms with Gasteiger partial charge in [0.1, 0.15) is 6.04 Å². The molecule has 0 aliphatic carbocycles. The Kier molecular flexibility index (Phi) is 4.25. The van der Waals surface area contributed by atoms with Gasteiger partial charge in [-0.1, -0.05) is 5.21 Å². The second-order valence-electron chi connectivity index (χ2n) is 4.20. The quantitative estimate of drug-likeness (QED) is 0.457. The maximum atomic E-state index is 11.7. The number of aromatic nitrogens is 3. The van der Waals surface area contributed by atoms with E-state index < -0.39 is 12.0 Å². The third kappa shape index (κ3) is 3.51. The predicted molar refractivity (Wildman–Crippen MR) is 64.8 cm³/mol. The molecule has 1 unspecified atom stereocenters. The number of hydrogen-bond acceptors (Lipinski definition) is 6. The number of hydrogen-bond donors (Lipinski definition) is 4. The van der Waals surface area contributed by atoms with Gasteiger partial charge in [-0.05, 0) is 0 Å². The fraction of sp³-hybridized carbons (Fsp3) is 0.500. The van der Waals surface area contributed by atoms with Gasteiger partial charge in [-0.15, -0.1) is 5.10 Å². The molecule has 4 N–H and O–H groups in total. The van der Waals surface area contributed by atoms with Crippen LogP contribution in [-0.2, 0) is 16.1 Å². The van der Waals surface area contributed by atoms with Crippen LogP contribution in [0.25, 0.3) is 0 Å². The van der Waals surface area contributed by atoms with Crippen molar-refractivity contribution in [3.63, 3.8) is 0 Å². The first-order valence-corrected chi connectivity index (χ1v) is 5.97. The maximum Gasteiger partial charge on any atom is 0.358 e. The van der Waals surface area contributed by atoms with E-state index >= 15 is 0 Å². The van der Waals surface area contributed by atoms with Gasteiger partial charge >= 0.3 is 5.97 Å². The van der Waals surface area contributed by atoms with E-state index in [9.17, 15) is 14.4 Å². The summed E-state index contributed by atoms with van der Waals surface area (Å²) in [7, 11) is 0. The Hall–Kier alpha value is -2.49. The number of carboxylic acids is 1. The highest BCUT2D eigenvalue weighted by atomic mass is 16.4. The molecule has 1 aromatic rings. The summed E-state index contributed by atoms with van der Waals surface area (Å²) < 4.78 is 1.33. The van der Waals surface area contributed by atoms with Crippen LogP contribution in [0.2, 0.25) is 0 Å². The number of rotatable bonds is 5. The third-order valence-electron chi connectivity index (χ3n) is 2.73. The minimum atomic E-state index is -1.15. The molecule has 20 heavy (non-hydrogen) atoms. The van der Waals surface area contributed by atoms with E-state index in [0.29, 0.717) is 6.54 Å². The highest BCUT2D eigenvalue weighted by Crippen LogP contribution is 1.92. The molecule has 0 radical (unpaired) electrons. The van der Waals surface area contributed by atoms with E-state index in [1.165, 1.54) is 10.9 Å². The molecule has 1 aliphatic heterocycles. The van der Waals surface area contributed by atoms with Gasteiger partial charge in [-0.3, -0.25) is 14.9 Å². The molecule has 0 spiro atoms. The predicted octanol–water partition coefficient (Wildman–Crippen LogP) is -2.82. The lowest BCUT2D eigenvalue weighted by Gasteiger charge is -2.23. The van der Waals surface area contributed by atoms with E-state index in [1.807, 2.05) is 0 Å². The van der Waals surface area contributed by atoms with Crippen LogP contribution < -0.4 is 16.0 Å². The molecule has 1 saturated heterocycles. The summed E-state index contributed by atoms with van der Waals surface area (Å²) in [6, 6.07) is -0.460. The van der Waals surface area contributed by atoms with Gasteiger partial charge in [-0.2, -0.15) is 0 Å². The van der Waals surface area contributed by atoms with Crippen molar-refractivity contribution in [2.45, 2.75) is 12.6 Å². The molecule has 108 valence electrons. The minimum Gasteiger partial charge on any atom is -0.476 e. The Balaban J connectivity index is 1.73. The summed E-state index contributed by atoms with van der Waals surface area (Å²) in [6.45, 7) is 0.957. The molecule has 0 bridgehead atoms. The lowest BCUT2D eigenvalue weighted by Crippen LogP contribution is -2.58. The summed E-state index contributed by atoms with van der Waals surface area (Å²) in [5.74, 6) is -1.52. The number of carboxylic acid groups (broad SMARTS) is 1. The number of carbonyl (C=O) groups is 3. The van der Waals surface area contributed by atoms with Gasteiger partial charge in [0.05, 0.1) is 19.3 Å². The van der Waals surface area contributed by atoms with E-state index in [0.717, 1.165) is 0 Å². The van der Waals surface area contributed by atoms with E-state index in [2.05, 4.69) is 26.3 Å². The highest BCUT2D eigenvalue weighted by Gasteiger charge is 2.23. The van der Waals surface area contributed by atoms with E-state index in [4.69, 9.17) is 5.11 Å². The zero-order chi connectivity index (χ0) is 14.5. The fourth-order valence-corrected chi connectivity index (χ4v) is 1.67. The van der Waals surface area contributed by atoms with Crippen LogP contribution in [0.15, 0.2) is 6.20 Å². The second kappa shape index (κ2) is 6.10. The van der Waals surface area contributed by atoms with Crippen LogP contribution in [0, 0.1) is 0 Å². The van der Waals surface area contributed by atoms with Crippen molar-refractivity contribution in [2.24, 2.45) is 0 Å². The zero-order valence-electron chi connectivity index (χ0n) is 10.5. The van der Waals surface area contributed by atoms with Gasteiger partial charge in [0.2, 0.25) is 11.8 Å². The van der Waals surface area contributed by atoms with Gasteiger partial charge in [0.25, 0.3) is 0 Å². The summed E-state index contributed by atoms with van der Waals surface area (Å²) >= 11 is 0. The topological polar surface area (TPSA) is 138 Å². The van der Waals surface area contributed by atoms with Crippen molar-refractivity contribution < 1.29 is 19.5 Å². The smallest absolute Gasteiger partial charge is 0.358 e. The van der Waals surface area contributed by atoms with Gasteiger partial charge in [0.15, 0.2) is 5.69 Å². The summed E-state index contributed by atoms with van der Waals surface area (Å²) in [5, 5.41) is 23.8. The molecule has 1 aliphatic rings. The Labute approximate surface area is 113 Å². The normalized spacial score (nSPS) is 18.4. The second-order valence-corrected chi connectivity index (χ2v) is 4.20. The monoisotopic (exact) mass is 282 g/mol. The molecule has 10 heteroatoms. The minimum absolute atomic E-state index is 0.114. The number of piperazine rings is 1. The van der Waals surface area contributed by atoms with E-state index in [1.54, 1.807) is 0 Å². The fourth-order valence-electron chi connectivity index (χ4n) is 1.67. The first-order chi connectivity index (χ1) is 9.56. The molecule has 0 aromatic carbocycles. The van der Waals surface area contributed by atoms with Crippen LogP contribution in [0.1, 0.15) is 10.5 Å². The third-order valence-corrected chi connectivity index (χ3v) is 2.73. The molecule has 2 rings (SSSR count). The van der Waals surface area contributed by atoms with Crippen molar-refractivity contribution in [1.29, 1.82) is 0 Å². The average molecular weight is 282 g/mol. The molecular formula is C10H14N6O4. The standard InChI is InChI=1S/C10H14N6O4/c17-8-4-12-6(3-13-8)9(18)11-1-2-16-5-7(10(19)20)14-15-16/h5-6,12H,1-4H2,(H,11,18)(H,13,17)(H,19,20). The Morgan fingerprint density at radius 2 is 2.35 bits per heavy atom. The first-order valence-electron chi connectivity index (χ1n) is 5.97. The SMILES string of the molecule is O=C1CNC(C(=O)NCCn2cc(C(=O)O)nn2)CN1. The largest absolute Gasteiger partial charge is 0.476 e. The number of nitrogens with zero attached hydrogens (tertiary/aromatic N) is 3. The van der Waals surface area contributed by atoms with Gasteiger partial charge < -0.3 is 15.7 Å². The molecule has 1 fully saturated rings. The van der Waals surface area contributed by atoms with Crippen molar-refractivity contribution in [3.05, 3.63) is 11.9 Å². The van der Waals surface area contributed by atoms with Crippen LogP contribution in [-0.4, -0.2) is 63.6 Å². The molecule has 0 saturated carbocycles. The van der Waals surface area contributed by atoms with E-state index in [-0.39, 0.29) is 37.1 Å². The summed E-state index contributed by atoms with van der Waals surface area (Å²) in [5.41, 5.74) is -0.145. The first kappa shape index (κ1) is 13.9. The van der Waals surface area contributed by atoms with Crippen LogP contribution in [0.5, 0.6) is 0 Å². The molecule has 2 heterocycles. The maximum absolute atomic E-state index is 11.7. The van der Waals surface area contributed by atoms with Crippen LogP contribution >= 0.6 is 0 Å². The Morgan fingerprint density at radius 3 is 2.95 bits per heavy atom. The lowest BCUT2D eigenvalue weighted by atomic mass is 10.2. The molecule has 2 amide bonds. The highest BCUT2D eigenvalue weighted by molar-refractivity contribution is 5.86. The summed E-state index contributed by atoms with van der Waals surface area (Å²) in [6.07, 6.45) is 1.29. The Morgan fingerprint density at radius 1 is 1.55 bits per heavy atom. The van der Waals surface area contributed by atoms with Crippen LogP contribution in [0.4, 0.5) is 0 Å². The van der Waals surface area contributed by atoms with Crippen molar-refractivity contribution in [2.75, 3.05) is 19.6 Å². The van der Waals surface area contributed by atoms with Gasteiger partial charge in [0, 0.05) is 13.1 Å². The average Bonchev–Trinajstić information content (AvgIpc) is 2.88. The van der Waals surface area contributed by atoms with Crippen LogP contribution in [0.3, 0.4) is 0 Å². The summed E-state index contributed by atoms with van der Waals surface area (Å²) in [4.78, 5) is 33.3. The number of amides is 2. The van der Waals surface area contributed by atoms with Crippen molar-refractivity contribution >= 4 is 17.8 Å². The Bertz CT molecular complexity index is 518. The van der Waals surface area contributed by atoms with Crippen molar-refractivity contribution in [1.82, 2.24) is 30.9 Å². The molecular weight excluding hydrogens is 268 g/mol. The number of carbonyl (C=O) groups excluding carboxylic acids is 2. The zero-order valence-corrected chi connectivity index (χ0v) is 10.5. The molecule has 1 aromatic heterocycles. The number of nitrogens with one attached hydrogen (secondary N) is 3. The number of aromatic carboxylic acids is 1. The lowest BCUT2D eigenvalue weighted by molar-refractivity contribution is -0.126. The molecule has 10 nitrogen and oxygen atoms in total.